The van der Waals surface area contributed by atoms with Crippen molar-refractivity contribution in [3.8, 4) is 11.5 Å². The van der Waals surface area contributed by atoms with E-state index >= 15 is 0 Å². The number of fused-ring (bicyclic) bond motifs is 1. The van der Waals surface area contributed by atoms with Crippen molar-refractivity contribution >= 4 is 17.5 Å². The summed E-state index contributed by atoms with van der Waals surface area (Å²) in [5.74, 6) is 0.744. The van der Waals surface area contributed by atoms with E-state index in [1.807, 2.05) is 25.1 Å². The van der Waals surface area contributed by atoms with Crippen molar-refractivity contribution in [2.45, 2.75) is 13.0 Å². The number of nitrogens with one attached hydrogen (secondary N) is 1. The van der Waals surface area contributed by atoms with Crippen LogP contribution >= 0.6 is 11.6 Å². The zero-order valence-electron chi connectivity index (χ0n) is 12.0. The van der Waals surface area contributed by atoms with Gasteiger partial charge in [-0.05, 0) is 31.2 Å². The number of benzene rings is 1. The van der Waals surface area contributed by atoms with Gasteiger partial charge in [0.1, 0.15) is 13.2 Å². The summed E-state index contributed by atoms with van der Waals surface area (Å²) in [5.41, 5.74) is 1.22. The molecule has 0 saturated heterocycles. The first-order valence-electron chi connectivity index (χ1n) is 6.96. The Hall–Kier alpha value is -2.27. The van der Waals surface area contributed by atoms with Crippen LogP contribution < -0.4 is 14.8 Å². The second-order valence-electron chi connectivity index (χ2n) is 4.93. The third-order valence-electron chi connectivity index (χ3n) is 3.34. The van der Waals surface area contributed by atoms with E-state index in [1.54, 1.807) is 18.3 Å². The lowest BCUT2D eigenvalue weighted by Crippen LogP contribution is -2.27. The Morgan fingerprint density at radius 1 is 1.32 bits per heavy atom. The Labute approximate surface area is 133 Å². The van der Waals surface area contributed by atoms with E-state index in [0.29, 0.717) is 35.3 Å². The molecule has 1 unspecified atom stereocenters. The molecule has 5 nitrogen and oxygen atoms in total. The molecule has 1 aliphatic rings. The number of hydrogen-bond donors (Lipinski definition) is 1. The lowest BCUT2D eigenvalue weighted by molar-refractivity contribution is 0.0938. The quantitative estimate of drug-likeness (QED) is 0.945. The molecule has 1 aromatic carbocycles. The van der Waals surface area contributed by atoms with Crippen LogP contribution in [0.5, 0.6) is 11.5 Å². The van der Waals surface area contributed by atoms with Crippen molar-refractivity contribution in [1.82, 2.24) is 10.3 Å². The lowest BCUT2D eigenvalue weighted by atomic mass is 10.1. The van der Waals surface area contributed by atoms with Gasteiger partial charge in [-0.3, -0.25) is 9.78 Å². The lowest BCUT2D eigenvalue weighted by Gasteiger charge is -2.20. The highest BCUT2D eigenvalue weighted by molar-refractivity contribution is 6.32. The molecular formula is C16H15ClN2O3. The van der Waals surface area contributed by atoms with Crippen LogP contribution in [0.2, 0.25) is 5.02 Å². The van der Waals surface area contributed by atoms with Gasteiger partial charge in [0.05, 0.1) is 16.8 Å². The van der Waals surface area contributed by atoms with E-state index in [9.17, 15) is 4.79 Å². The molecular weight excluding hydrogens is 304 g/mol. The number of halogens is 1. The summed E-state index contributed by atoms with van der Waals surface area (Å²) >= 11 is 6.15. The smallest absolute Gasteiger partial charge is 0.251 e. The molecule has 2 heterocycles. The fourth-order valence-corrected chi connectivity index (χ4v) is 2.49. The maximum Gasteiger partial charge on any atom is 0.251 e. The van der Waals surface area contributed by atoms with Gasteiger partial charge < -0.3 is 14.8 Å². The summed E-state index contributed by atoms with van der Waals surface area (Å²) in [6, 6.07) is 8.59. The fraction of sp³-hybridized carbons (Fsp3) is 0.250. The van der Waals surface area contributed by atoms with E-state index < -0.39 is 0 Å². The first-order valence-corrected chi connectivity index (χ1v) is 7.34. The van der Waals surface area contributed by atoms with Gasteiger partial charge in [-0.2, -0.15) is 0 Å². The van der Waals surface area contributed by atoms with Crippen LogP contribution in [0.3, 0.4) is 0 Å². The number of carbonyl (C=O) groups excluding carboxylic acids is 1. The summed E-state index contributed by atoms with van der Waals surface area (Å²) in [6.45, 7) is 2.77. The first-order chi connectivity index (χ1) is 10.6. The number of carbonyl (C=O) groups is 1. The minimum Gasteiger partial charge on any atom is -0.486 e. The molecule has 2 aromatic rings. The molecule has 114 valence electrons. The normalized spacial score (nSPS) is 14.3. The van der Waals surface area contributed by atoms with Crippen LogP contribution in [0.4, 0.5) is 0 Å². The molecule has 22 heavy (non-hydrogen) atoms. The third-order valence-corrected chi connectivity index (χ3v) is 3.62. The number of aromatic nitrogens is 1. The van der Waals surface area contributed by atoms with Crippen LogP contribution in [0.25, 0.3) is 0 Å². The second-order valence-corrected chi connectivity index (χ2v) is 5.34. The maximum atomic E-state index is 12.4. The van der Waals surface area contributed by atoms with Crippen LogP contribution in [-0.2, 0) is 0 Å². The van der Waals surface area contributed by atoms with E-state index in [-0.39, 0.29) is 11.9 Å². The van der Waals surface area contributed by atoms with E-state index in [4.69, 9.17) is 21.1 Å². The molecule has 0 saturated carbocycles. The van der Waals surface area contributed by atoms with Crippen LogP contribution in [-0.4, -0.2) is 24.1 Å². The van der Waals surface area contributed by atoms with Gasteiger partial charge in [-0.1, -0.05) is 17.7 Å². The summed E-state index contributed by atoms with van der Waals surface area (Å²) in [7, 11) is 0. The molecule has 0 radical (unpaired) electrons. The molecule has 6 heteroatoms. The highest BCUT2D eigenvalue weighted by Gasteiger charge is 2.20. The van der Waals surface area contributed by atoms with Crippen LogP contribution in [0.15, 0.2) is 36.5 Å². The first kappa shape index (κ1) is 14.7. The van der Waals surface area contributed by atoms with Gasteiger partial charge in [0.2, 0.25) is 0 Å². The number of ether oxygens (including phenoxy) is 2. The fourth-order valence-electron chi connectivity index (χ4n) is 2.23. The SMILES string of the molecule is CC(NC(=O)c1cc(Cl)c2c(c1)OCCO2)c1ccccn1. The Morgan fingerprint density at radius 3 is 2.91 bits per heavy atom. The number of nitrogens with zero attached hydrogens (tertiary/aromatic N) is 1. The van der Waals surface area contributed by atoms with E-state index in [1.165, 1.54) is 0 Å². The molecule has 3 rings (SSSR count). The number of amides is 1. The molecule has 0 aliphatic carbocycles. The Kier molecular flexibility index (Phi) is 4.15. The monoisotopic (exact) mass is 318 g/mol. The van der Waals surface area contributed by atoms with Gasteiger partial charge in [0.15, 0.2) is 11.5 Å². The number of rotatable bonds is 3. The van der Waals surface area contributed by atoms with Crippen molar-refractivity contribution in [3.05, 3.63) is 52.8 Å². The van der Waals surface area contributed by atoms with Gasteiger partial charge in [0, 0.05) is 11.8 Å². The number of pyridine rings is 1. The van der Waals surface area contributed by atoms with Crippen LogP contribution in [0.1, 0.15) is 29.0 Å². The summed E-state index contributed by atoms with van der Waals surface area (Å²) in [6.07, 6.45) is 1.69. The van der Waals surface area contributed by atoms with Gasteiger partial charge in [-0.15, -0.1) is 0 Å². The average Bonchev–Trinajstić information content (AvgIpc) is 2.55. The predicted molar refractivity (Wildman–Crippen MR) is 82.6 cm³/mol. The summed E-state index contributed by atoms with van der Waals surface area (Å²) in [4.78, 5) is 16.6. The molecule has 0 bridgehead atoms. The Morgan fingerprint density at radius 2 is 2.14 bits per heavy atom. The summed E-state index contributed by atoms with van der Waals surface area (Å²) in [5, 5.41) is 3.26. The van der Waals surface area contributed by atoms with E-state index in [2.05, 4.69) is 10.3 Å². The van der Waals surface area contributed by atoms with Gasteiger partial charge in [-0.25, -0.2) is 0 Å². The highest BCUT2D eigenvalue weighted by atomic mass is 35.5. The third kappa shape index (κ3) is 2.99. The topological polar surface area (TPSA) is 60.5 Å². The maximum absolute atomic E-state index is 12.4. The van der Waals surface area contributed by atoms with E-state index in [0.717, 1.165) is 5.69 Å². The average molecular weight is 319 g/mol. The van der Waals surface area contributed by atoms with Crippen molar-refractivity contribution < 1.29 is 14.3 Å². The van der Waals surface area contributed by atoms with Crippen molar-refractivity contribution in [3.63, 3.8) is 0 Å². The van der Waals surface area contributed by atoms with Crippen molar-refractivity contribution in [2.75, 3.05) is 13.2 Å². The minimum atomic E-state index is -0.239. The second kappa shape index (κ2) is 6.23. The molecule has 1 atom stereocenters. The molecule has 0 fully saturated rings. The summed E-state index contributed by atoms with van der Waals surface area (Å²) < 4.78 is 10.9. The number of hydrogen-bond acceptors (Lipinski definition) is 4. The highest BCUT2D eigenvalue weighted by Crippen LogP contribution is 2.38. The predicted octanol–water partition coefficient (Wildman–Crippen LogP) is 3.00. The minimum absolute atomic E-state index is 0.208. The Bertz CT molecular complexity index is 691. The standard InChI is InChI=1S/C16H15ClN2O3/c1-10(13-4-2-3-5-18-13)19-16(20)11-8-12(17)15-14(9-11)21-6-7-22-15/h2-5,8-10H,6-7H2,1H3,(H,19,20). The van der Waals surface area contributed by atoms with Crippen molar-refractivity contribution in [1.29, 1.82) is 0 Å². The van der Waals surface area contributed by atoms with Gasteiger partial charge >= 0.3 is 0 Å². The Balaban J connectivity index is 1.79. The van der Waals surface area contributed by atoms with Crippen molar-refractivity contribution in [2.24, 2.45) is 0 Å². The zero-order chi connectivity index (χ0) is 15.5. The molecule has 1 aromatic heterocycles. The largest absolute Gasteiger partial charge is 0.486 e. The molecule has 1 N–H and O–H groups in total. The molecule has 0 spiro atoms. The zero-order valence-corrected chi connectivity index (χ0v) is 12.8. The van der Waals surface area contributed by atoms with Crippen LogP contribution in [0, 0.1) is 0 Å². The molecule has 1 aliphatic heterocycles. The molecule has 1 amide bonds. The van der Waals surface area contributed by atoms with Gasteiger partial charge in [0.25, 0.3) is 5.91 Å².